The predicted octanol–water partition coefficient (Wildman–Crippen LogP) is 5.88. The molecule has 0 N–H and O–H groups in total. The first kappa shape index (κ1) is 23.7. The Labute approximate surface area is 218 Å². The monoisotopic (exact) mass is 522 g/mol. The van der Waals surface area contributed by atoms with E-state index in [2.05, 4.69) is 28.1 Å². The van der Waals surface area contributed by atoms with Crippen molar-refractivity contribution >= 4 is 34.1 Å². The standard InChI is InChI=1S/C27H27ClN4O5/c28-20-1-6-25-19(14-20)15-24(36-25)13-18-7-10-30(11-8-18)21-2-4-22(5-3-21)35-17-23-9-12-31-16-26(32(33)34)29-27(31)37-23/h1-6,14-16,18,23H,7-13,17H2. The summed E-state index contributed by atoms with van der Waals surface area (Å²) in [5, 5.41) is 12.7. The molecule has 9 nitrogen and oxygen atoms in total. The van der Waals surface area contributed by atoms with Crippen molar-refractivity contribution in [2.24, 2.45) is 5.92 Å². The highest BCUT2D eigenvalue weighted by molar-refractivity contribution is 6.31. The summed E-state index contributed by atoms with van der Waals surface area (Å²) in [6.45, 7) is 2.99. The molecule has 2 aromatic heterocycles. The molecule has 192 valence electrons. The van der Waals surface area contributed by atoms with Crippen LogP contribution in [0.1, 0.15) is 25.0 Å². The highest BCUT2D eigenvalue weighted by Crippen LogP contribution is 2.30. The molecule has 10 heteroatoms. The molecule has 2 aromatic carbocycles. The van der Waals surface area contributed by atoms with E-state index in [0.29, 0.717) is 25.5 Å². The zero-order valence-electron chi connectivity index (χ0n) is 20.2. The SMILES string of the molecule is O=[N+]([O-])c1cn2c(n1)OC(COc1ccc(N3CCC(Cc4cc5cc(Cl)ccc5o4)CC3)cc1)CC2. The quantitative estimate of drug-likeness (QED) is 0.221. The van der Waals surface area contributed by atoms with E-state index in [-0.39, 0.29) is 17.9 Å². The van der Waals surface area contributed by atoms with E-state index in [1.165, 1.54) is 11.9 Å². The molecular formula is C27H27ClN4O5. The third kappa shape index (κ3) is 5.22. The molecule has 1 atom stereocenters. The summed E-state index contributed by atoms with van der Waals surface area (Å²) in [5.74, 6) is 2.20. The maximum absolute atomic E-state index is 10.9. The Bertz CT molecular complexity index is 1410. The van der Waals surface area contributed by atoms with Crippen LogP contribution in [-0.2, 0) is 13.0 Å². The molecule has 0 saturated carbocycles. The van der Waals surface area contributed by atoms with Crippen molar-refractivity contribution in [1.29, 1.82) is 0 Å². The number of aromatic nitrogens is 2. The van der Waals surface area contributed by atoms with Crippen molar-refractivity contribution in [3.05, 3.63) is 75.6 Å². The van der Waals surface area contributed by atoms with Crippen molar-refractivity contribution in [2.45, 2.75) is 38.3 Å². The highest BCUT2D eigenvalue weighted by atomic mass is 35.5. The van der Waals surface area contributed by atoms with E-state index in [0.717, 1.165) is 59.9 Å². The average Bonchev–Trinajstić information content (AvgIpc) is 3.51. The topological polar surface area (TPSA) is 95.8 Å². The number of anilines is 1. The van der Waals surface area contributed by atoms with Gasteiger partial charge in [0.1, 0.15) is 36.0 Å². The van der Waals surface area contributed by atoms with E-state index in [1.54, 1.807) is 4.57 Å². The van der Waals surface area contributed by atoms with Crippen molar-refractivity contribution in [3.63, 3.8) is 0 Å². The van der Waals surface area contributed by atoms with E-state index in [9.17, 15) is 10.1 Å². The lowest BCUT2D eigenvalue weighted by atomic mass is 9.92. The van der Waals surface area contributed by atoms with Gasteiger partial charge in [0.05, 0.1) is 0 Å². The highest BCUT2D eigenvalue weighted by Gasteiger charge is 2.28. The normalized spacial score (nSPS) is 18.0. The molecule has 1 saturated heterocycles. The van der Waals surface area contributed by atoms with Crippen molar-refractivity contribution in [1.82, 2.24) is 9.55 Å². The maximum Gasteiger partial charge on any atom is 0.414 e. The molecule has 1 unspecified atom stereocenters. The molecule has 0 bridgehead atoms. The molecule has 0 amide bonds. The van der Waals surface area contributed by atoms with Crippen molar-refractivity contribution in [2.75, 3.05) is 24.6 Å². The fraction of sp³-hybridized carbons (Fsp3) is 0.370. The minimum Gasteiger partial charge on any atom is -0.490 e. The third-order valence-electron chi connectivity index (χ3n) is 7.15. The number of benzene rings is 2. The van der Waals surface area contributed by atoms with Crippen LogP contribution in [0.3, 0.4) is 0 Å². The maximum atomic E-state index is 10.9. The largest absolute Gasteiger partial charge is 0.490 e. The molecule has 37 heavy (non-hydrogen) atoms. The molecule has 0 radical (unpaired) electrons. The Morgan fingerprint density at radius 1 is 1.08 bits per heavy atom. The number of aryl methyl sites for hydroxylation is 1. The van der Waals surface area contributed by atoms with Gasteiger partial charge in [-0.05, 0) is 72.2 Å². The molecular weight excluding hydrogens is 496 g/mol. The number of fused-ring (bicyclic) bond motifs is 2. The number of hydrogen-bond donors (Lipinski definition) is 0. The van der Waals surface area contributed by atoms with Crippen LogP contribution in [0.2, 0.25) is 5.02 Å². The van der Waals surface area contributed by atoms with Gasteiger partial charge in [-0.2, -0.15) is 0 Å². The lowest BCUT2D eigenvalue weighted by molar-refractivity contribution is -0.389. The third-order valence-corrected chi connectivity index (χ3v) is 7.38. The number of halogens is 1. The molecule has 0 aliphatic carbocycles. The number of furan rings is 1. The van der Waals surface area contributed by atoms with E-state index >= 15 is 0 Å². The summed E-state index contributed by atoms with van der Waals surface area (Å²) in [4.78, 5) is 16.8. The van der Waals surface area contributed by atoms with Gasteiger partial charge in [0.25, 0.3) is 0 Å². The van der Waals surface area contributed by atoms with E-state index < -0.39 is 4.92 Å². The first-order valence-corrected chi connectivity index (χ1v) is 12.9. The molecule has 0 spiro atoms. The van der Waals surface area contributed by atoms with Crippen molar-refractivity contribution < 1.29 is 18.8 Å². The Kier molecular flexibility index (Phi) is 6.38. The number of hydrogen-bond acceptors (Lipinski definition) is 7. The molecule has 2 aliphatic rings. The van der Waals surface area contributed by atoms with Crippen LogP contribution in [0.25, 0.3) is 11.0 Å². The predicted molar refractivity (Wildman–Crippen MR) is 140 cm³/mol. The van der Waals surface area contributed by atoms with Crippen LogP contribution in [0.5, 0.6) is 11.8 Å². The van der Waals surface area contributed by atoms with Gasteiger partial charge in [0.15, 0.2) is 0 Å². The minimum absolute atomic E-state index is 0.197. The summed E-state index contributed by atoms with van der Waals surface area (Å²) in [7, 11) is 0. The molecule has 4 heterocycles. The van der Waals surface area contributed by atoms with Gasteiger partial charge in [-0.1, -0.05) is 11.6 Å². The second-order valence-electron chi connectivity index (χ2n) is 9.70. The van der Waals surface area contributed by atoms with Crippen LogP contribution >= 0.6 is 11.6 Å². The van der Waals surface area contributed by atoms with E-state index in [1.807, 2.05) is 30.3 Å². The van der Waals surface area contributed by atoms with Gasteiger partial charge >= 0.3 is 11.8 Å². The molecule has 2 aliphatic heterocycles. The number of ether oxygens (including phenoxy) is 2. The van der Waals surface area contributed by atoms with Gasteiger partial charge in [0.2, 0.25) is 0 Å². The lowest BCUT2D eigenvalue weighted by Gasteiger charge is -2.33. The Balaban J connectivity index is 0.980. The summed E-state index contributed by atoms with van der Waals surface area (Å²) in [6, 6.07) is 16.3. The zero-order valence-corrected chi connectivity index (χ0v) is 21.0. The zero-order chi connectivity index (χ0) is 25.4. The molecule has 4 aromatic rings. The number of nitrogens with zero attached hydrogens (tertiary/aromatic N) is 4. The second-order valence-corrected chi connectivity index (χ2v) is 10.1. The summed E-state index contributed by atoms with van der Waals surface area (Å²) in [5.41, 5.74) is 2.08. The number of imidazole rings is 1. The fourth-order valence-electron chi connectivity index (χ4n) is 5.13. The number of rotatable bonds is 7. The second kappa shape index (κ2) is 9.97. The first-order chi connectivity index (χ1) is 18.0. The van der Waals surface area contributed by atoms with Gasteiger partial charge in [0, 0.05) is 53.6 Å². The van der Waals surface area contributed by atoms with Crippen LogP contribution in [0.15, 0.2) is 59.1 Å². The summed E-state index contributed by atoms with van der Waals surface area (Å²) >= 11 is 6.10. The number of piperidine rings is 1. The summed E-state index contributed by atoms with van der Waals surface area (Å²) < 4.78 is 19.4. The first-order valence-electron chi connectivity index (χ1n) is 12.5. The minimum atomic E-state index is -0.512. The summed E-state index contributed by atoms with van der Waals surface area (Å²) in [6.07, 6.45) is 5.09. The molecule has 1 fully saturated rings. The van der Waals surface area contributed by atoms with Crippen molar-refractivity contribution in [3.8, 4) is 11.8 Å². The van der Waals surface area contributed by atoms with Crippen LogP contribution < -0.4 is 14.4 Å². The van der Waals surface area contributed by atoms with Crippen LogP contribution in [0.4, 0.5) is 11.5 Å². The lowest BCUT2D eigenvalue weighted by Crippen LogP contribution is -2.34. The Morgan fingerprint density at radius 2 is 1.89 bits per heavy atom. The van der Waals surface area contributed by atoms with Gasteiger partial charge in [-0.15, -0.1) is 0 Å². The van der Waals surface area contributed by atoms with E-state index in [4.69, 9.17) is 25.5 Å². The number of nitro groups is 1. The van der Waals surface area contributed by atoms with Crippen LogP contribution in [0, 0.1) is 16.0 Å². The van der Waals surface area contributed by atoms with Crippen LogP contribution in [-0.4, -0.2) is 40.3 Å². The van der Waals surface area contributed by atoms with Gasteiger partial charge < -0.3 is 28.9 Å². The smallest absolute Gasteiger partial charge is 0.414 e. The van der Waals surface area contributed by atoms with Gasteiger partial charge in [-0.25, -0.2) is 0 Å². The molecule has 6 rings (SSSR count). The van der Waals surface area contributed by atoms with Gasteiger partial charge in [-0.3, -0.25) is 4.57 Å². The Morgan fingerprint density at radius 3 is 2.68 bits per heavy atom. The Hall–Kier alpha value is -3.72. The average molecular weight is 523 g/mol. The fourth-order valence-corrected chi connectivity index (χ4v) is 5.31.